The number of methoxy groups -OCH3 is 1. The highest BCUT2D eigenvalue weighted by molar-refractivity contribution is 5.83. The maximum Gasteiger partial charge on any atom is 0.119 e. The van der Waals surface area contributed by atoms with Crippen LogP contribution in [-0.4, -0.2) is 77.5 Å². The Morgan fingerprint density at radius 3 is 2.77 bits per heavy atom. The van der Waals surface area contributed by atoms with Crippen molar-refractivity contribution in [3.05, 3.63) is 36.0 Å². The fourth-order valence-electron chi connectivity index (χ4n) is 4.42. The summed E-state index contributed by atoms with van der Waals surface area (Å²) in [6.07, 6.45) is 7.48. The molecule has 1 aliphatic heterocycles. The molecule has 1 fully saturated rings. The van der Waals surface area contributed by atoms with Crippen molar-refractivity contribution in [2.24, 2.45) is 0 Å². The Bertz CT molecular complexity index is 785. The van der Waals surface area contributed by atoms with Crippen LogP contribution in [0.25, 0.3) is 10.9 Å². The number of nitrogens with zero attached hydrogens (tertiary/aromatic N) is 3. The van der Waals surface area contributed by atoms with Gasteiger partial charge >= 0.3 is 0 Å². The molecule has 2 atom stereocenters. The lowest BCUT2D eigenvalue weighted by Gasteiger charge is -2.41. The molecule has 0 amide bonds. The van der Waals surface area contributed by atoms with Crippen LogP contribution in [0.5, 0.6) is 5.75 Å². The van der Waals surface area contributed by atoms with Crippen LogP contribution in [0.2, 0.25) is 0 Å². The number of rotatable bonds is 11. The van der Waals surface area contributed by atoms with E-state index in [9.17, 15) is 10.2 Å². The molecule has 6 heteroatoms. The van der Waals surface area contributed by atoms with Gasteiger partial charge in [0.1, 0.15) is 5.75 Å². The number of hydrogen-bond donors (Lipinski definition) is 2. The van der Waals surface area contributed by atoms with E-state index in [2.05, 4.69) is 21.7 Å². The van der Waals surface area contributed by atoms with Gasteiger partial charge in [-0.3, -0.25) is 14.8 Å². The zero-order valence-corrected chi connectivity index (χ0v) is 18.5. The molecule has 2 N–H and O–H groups in total. The molecule has 166 valence electrons. The number of hydrogen-bond acceptors (Lipinski definition) is 6. The van der Waals surface area contributed by atoms with Crippen molar-refractivity contribution >= 4 is 10.9 Å². The Hall–Kier alpha value is -1.73. The number of β-amino-alcohol motifs (C(OH)–C–C–N with tert-alkyl or cyclic N) is 1. The summed E-state index contributed by atoms with van der Waals surface area (Å²) in [4.78, 5) is 9.10. The number of fused-ring (bicyclic) bond motifs is 1. The lowest BCUT2D eigenvalue weighted by atomic mass is 10.0. The predicted molar refractivity (Wildman–Crippen MR) is 121 cm³/mol. The predicted octanol–water partition coefficient (Wildman–Crippen LogP) is 3.23. The first-order chi connectivity index (χ1) is 14.7. The largest absolute Gasteiger partial charge is 0.497 e. The zero-order chi connectivity index (χ0) is 21.3. The van der Waals surface area contributed by atoms with Crippen LogP contribution in [0.1, 0.15) is 50.7 Å². The minimum absolute atomic E-state index is 0.145. The number of aliphatic hydroxyl groups is 2. The van der Waals surface area contributed by atoms with E-state index in [0.717, 1.165) is 48.4 Å². The van der Waals surface area contributed by atoms with Gasteiger partial charge in [-0.05, 0) is 42.8 Å². The van der Waals surface area contributed by atoms with Gasteiger partial charge in [0.05, 0.1) is 25.3 Å². The van der Waals surface area contributed by atoms with E-state index in [1.807, 2.05) is 24.3 Å². The molecule has 6 nitrogen and oxygen atoms in total. The van der Waals surface area contributed by atoms with Crippen molar-refractivity contribution in [1.29, 1.82) is 0 Å². The van der Waals surface area contributed by atoms with Crippen LogP contribution < -0.4 is 4.74 Å². The lowest BCUT2D eigenvalue weighted by molar-refractivity contribution is 0.0170. The molecule has 2 aromatic rings. The van der Waals surface area contributed by atoms with Gasteiger partial charge < -0.3 is 14.9 Å². The van der Waals surface area contributed by atoms with Crippen molar-refractivity contribution < 1.29 is 14.9 Å². The maximum atomic E-state index is 11.0. The Labute approximate surface area is 180 Å². The van der Waals surface area contributed by atoms with E-state index in [4.69, 9.17) is 4.74 Å². The monoisotopic (exact) mass is 415 g/mol. The first kappa shape index (κ1) is 22.9. The van der Waals surface area contributed by atoms with E-state index in [1.54, 1.807) is 13.3 Å². The van der Waals surface area contributed by atoms with Crippen LogP contribution in [-0.2, 0) is 0 Å². The Morgan fingerprint density at radius 1 is 1.17 bits per heavy atom. The number of ether oxygens (including phenoxy) is 1. The lowest BCUT2D eigenvalue weighted by Crippen LogP contribution is -2.55. The summed E-state index contributed by atoms with van der Waals surface area (Å²) in [5.41, 5.74) is 1.73. The van der Waals surface area contributed by atoms with E-state index in [-0.39, 0.29) is 12.6 Å². The fourth-order valence-corrected chi connectivity index (χ4v) is 4.42. The third kappa shape index (κ3) is 5.91. The smallest absolute Gasteiger partial charge is 0.119 e. The number of pyridine rings is 1. The maximum absolute atomic E-state index is 11.0. The molecule has 0 radical (unpaired) electrons. The van der Waals surface area contributed by atoms with Gasteiger partial charge in [-0.15, -0.1) is 0 Å². The second kappa shape index (κ2) is 11.6. The molecule has 2 heterocycles. The molecule has 0 aliphatic carbocycles. The molecule has 0 spiro atoms. The molecular weight excluding hydrogens is 378 g/mol. The molecule has 1 saturated heterocycles. The summed E-state index contributed by atoms with van der Waals surface area (Å²) in [5.74, 6) is 0.761. The number of aromatic nitrogens is 1. The normalized spacial score (nSPS) is 19.3. The summed E-state index contributed by atoms with van der Waals surface area (Å²) in [5, 5.41) is 21.8. The average molecular weight is 416 g/mol. The molecule has 0 unspecified atom stereocenters. The van der Waals surface area contributed by atoms with Gasteiger partial charge in [0.15, 0.2) is 0 Å². The second-order valence-corrected chi connectivity index (χ2v) is 8.35. The molecule has 3 rings (SSSR count). The molecular formula is C24H37N3O3. The van der Waals surface area contributed by atoms with Crippen LogP contribution >= 0.6 is 0 Å². The Morgan fingerprint density at radius 2 is 2.00 bits per heavy atom. The summed E-state index contributed by atoms with van der Waals surface area (Å²) in [7, 11) is 1.64. The summed E-state index contributed by atoms with van der Waals surface area (Å²) < 4.78 is 5.35. The van der Waals surface area contributed by atoms with E-state index < -0.39 is 6.10 Å². The highest BCUT2D eigenvalue weighted by atomic mass is 16.5. The van der Waals surface area contributed by atoms with E-state index in [0.29, 0.717) is 6.54 Å². The zero-order valence-electron chi connectivity index (χ0n) is 18.5. The topological polar surface area (TPSA) is 69.1 Å². The van der Waals surface area contributed by atoms with Crippen LogP contribution in [0.4, 0.5) is 0 Å². The van der Waals surface area contributed by atoms with Gasteiger partial charge in [0, 0.05) is 43.8 Å². The number of unbranched alkanes of at least 4 members (excludes halogenated alkanes) is 4. The standard InChI is InChI=1S/C24H37N3O3/c1-3-4-5-6-7-12-27-14-13-26(16-19(27)18-28)17-24(29)21-10-11-25-23-9-8-20(30-2)15-22(21)23/h8-11,15,19,24,28-29H,3-7,12-14,16-18H2,1-2H3/t19-,24-/m0/s1. The van der Waals surface area contributed by atoms with Gasteiger partial charge in [-0.2, -0.15) is 0 Å². The van der Waals surface area contributed by atoms with Gasteiger partial charge in [0.2, 0.25) is 0 Å². The molecule has 0 bridgehead atoms. The first-order valence-electron chi connectivity index (χ1n) is 11.3. The van der Waals surface area contributed by atoms with Gasteiger partial charge in [-0.25, -0.2) is 0 Å². The minimum atomic E-state index is -0.609. The van der Waals surface area contributed by atoms with Crippen molar-refractivity contribution in [2.75, 3.05) is 46.4 Å². The van der Waals surface area contributed by atoms with E-state index in [1.165, 1.54) is 32.1 Å². The summed E-state index contributed by atoms with van der Waals surface area (Å²) in [6.45, 7) is 6.65. The summed E-state index contributed by atoms with van der Waals surface area (Å²) >= 11 is 0. The van der Waals surface area contributed by atoms with Crippen molar-refractivity contribution in [3.63, 3.8) is 0 Å². The number of piperazine rings is 1. The molecule has 1 aliphatic rings. The van der Waals surface area contributed by atoms with Crippen molar-refractivity contribution in [1.82, 2.24) is 14.8 Å². The first-order valence-corrected chi connectivity index (χ1v) is 11.3. The van der Waals surface area contributed by atoms with E-state index >= 15 is 0 Å². The highest BCUT2D eigenvalue weighted by Gasteiger charge is 2.27. The SMILES string of the molecule is CCCCCCCN1CCN(C[C@H](O)c2ccnc3ccc(OC)cc23)C[C@H]1CO. The molecule has 0 saturated carbocycles. The Balaban J connectivity index is 1.59. The Kier molecular flexibility index (Phi) is 8.88. The summed E-state index contributed by atoms with van der Waals surface area (Å²) in [6, 6.07) is 7.78. The van der Waals surface area contributed by atoms with Gasteiger partial charge in [-0.1, -0.05) is 32.6 Å². The third-order valence-electron chi connectivity index (χ3n) is 6.22. The third-order valence-corrected chi connectivity index (χ3v) is 6.22. The molecule has 1 aromatic carbocycles. The number of aliphatic hydroxyl groups excluding tert-OH is 2. The van der Waals surface area contributed by atoms with Gasteiger partial charge in [0.25, 0.3) is 0 Å². The fraction of sp³-hybridized carbons (Fsp3) is 0.625. The number of benzene rings is 1. The minimum Gasteiger partial charge on any atom is -0.497 e. The molecule has 30 heavy (non-hydrogen) atoms. The van der Waals surface area contributed by atoms with Crippen LogP contribution in [0, 0.1) is 0 Å². The molecule has 1 aromatic heterocycles. The quantitative estimate of drug-likeness (QED) is 0.549. The van der Waals surface area contributed by atoms with Crippen molar-refractivity contribution in [3.8, 4) is 5.75 Å². The average Bonchev–Trinajstić information content (AvgIpc) is 2.78. The second-order valence-electron chi connectivity index (χ2n) is 8.35. The van der Waals surface area contributed by atoms with Crippen LogP contribution in [0.15, 0.2) is 30.5 Å². The highest BCUT2D eigenvalue weighted by Crippen LogP contribution is 2.27. The van der Waals surface area contributed by atoms with Crippen molar-refractivity contribution in [2.45, 2.75) is 51.2 Å². The van der Waals surface area contributed by atoms with Crippen LogP contribution in [0.3, 0.4) is 0 Å².